The van der Waals surface area contributed by atoms with Crippen LogP contribution in [0.25, 0.3) is 0 Å². The summed E-state index contributed by atoms with van der Waals surface area (Å²) in [5.41, 5.74) is 0.339. The lowest BCUT2D eigenvalue weighted by Crippen LogP contribution is -2.40. The molecule has 0 spiro atoms. The van der Waals surface area contributed by atoms with Crippen LogP contribution in [0.15, 0.2) is 46.7 Å². The monoisotopic (exact) mass is 408 g/mol. The molecule has 0 radical (unpaired) electrons. The van der Waals surface area contributed by atoms with E-state index in [-0.39, 0.29) is 22.8 Å². The van der Waals surface area contributed by atoms with Gasteiger partial charge in [-0.25, -0.2) is 8.42 Å². The van der Waals surface area contributed by atoms with Gasteiger partial charge in [0.25, 0.3) is 5.91 Å². The van der Waals surface area contributed by atoms with Gasteiger partial charge >= 0.3 is 0 Å². The van der Waals surface area contributed by atoms with Crippen LogP contribution >= 0.6 is 11.3 Å². The fourth-order valence-electron chi connectivity index (χ4n) is 2.99. The molecule has 146 valence electrons. The Morgan fingerprint density at radius 3 is 2.56 bits per heavy atom. The number of morpholine rings is 1. The topological polar surface area (TPSA) is 75.7 Å². The summed E-state index contributed by atoms with van der Waals surface area (Å²) in [6.45, 7) is 5.51. The zero-order valence-corrected chi connectivity index (χ0v) is 17.1. The number of hydrogen-bond acceptors (Lipinski definition) is 5. The summed E-state index contributed by atoms with van der Waals surface area (Å²) in [4.78, 5) is 14.0. The molecule has 1 aliphatic heterocycles. The third-order valence-corrected chi connectivity index (χ3v) is 7.36. The minimum absolute atomic E-state index is 0.114. The van der Waals surface area contributed by atoms with Crippen LogP contribution in [0.1, 0.15) is 35.1 Å². The highest BCUT2D eigenvalue weighted by atomic mass is 32.2. The predicted octanol–water partition coefficient (Wildman–Crippen LogP) is 2.90. The minimum Gasteiger partial charge on any atom is -0.379 e. The number of benzene rings is 1. The molecule has 1 amide bonds. The first-order chi connectivity index (χ1) is 12.9. The molecule has 27 heavy (non-hydrogen) atoms. The van der Waals surface area contributed by atoms with Crippen LogP contribution in [0.5, 0.6) is 0 Å². The number of nitrogens with one attached hydrogen (secondary N) is 1. The standard InChI is InChI=1S/C19H24N2O4S2/c1-14(2)18(17-7-4-12-26-17)20-19(22)15-5-3-6-16(13-15)27(23,24)21-8-10-25-11-9-21/h3-7,12-14,18H,8-11H2,1-2H3,(H,20,22). The van der Waals surface area contributed by atoms with Gasteiger partial charge in [-0.3, -0.25) is 4.79 Å². The van der Waals surface area contributed by atoms with Crippen LogP contribution in [0, 0.1) is 5.92 Å². The van der Waals surface area contributed by atoms with Crippen molar-refractivity contribution in [1.82, 2.24) is 9.62 Å². The first-order valence-corrected chi connectivity index (χ1v) is 11.2. The third-order valence-electron chi connectivity index (χ3n) is 4.51. The molecule has 2 heterocycles. The summed E-state index contributed by atoms with van der Waals surface area (Å²) in [6.07, 6.45) is 0. The molecule has 8 heteroatoms. The van der Waals surface area contributed by atoms with E-state index in [1.807, 2.05) is 31.4 Å². The molecule has 6 nitrogen and oxygen atoms in total. The molecule has 1 aromatic carbocycles. The molecule has 0 bridgehead atoms. The van der Waals surface area contributed by atoms with Crippen LogP contribution < -0.4 is 5.32 Å². The van der Waals surface area contributed by atoms with Gasteiger partial charge in [0.15, 0.2) is 0 Å². The van der Waals surface area contributed by atoms with Gasteiger partial charge in [-0.2, -0.15) is 4.31 Å². The van der Waals surface area contributed by atoms with Gasteiger partial charge in [0.05, 0.1) is 24.2 Å². The van der Waals surface area contributed by atoms with Crippen molar-refractivity contribution < 1.29 is 17.9 Å². The van der Waals surface area contributed by atoms with E-state index in [9.17, 15) is 13.2 Å². The lowest BCUT2D eigenvalue weighted by atomic mass is 10.0. The second-order valence-corrected chi connectivity index (χ2v) is 9.67. The average molecular weight is 409 g/mol. The van der Waals surface area contributed by atoms with Crippen LogP contribution in [0.4, 0.5) is 0 Å². The van der Waals surface area contributed by atoms with Crippen molar-refractivity contribution in [2.75, 3.05) is 26.3 Å². The summed E-state index contributed by atoms with van der Waals surface area (Å²) < 4.78 is 32.3. The van der Waals surface area contributed by atoms with E-state index in [2.05, 4.69) is 5.32 Å². The van der Waals surface area contributed by atoms with Crippen LogP contribution in [-0.4, -0.2) is 44.9 Å². The maximum absolute atomic E-state index is 12.8. The van der Waals surface area contributed by atoms with E-state index in [1.54, 1.807) is 23.5 Å². The van der Waals surface area contributed by atoms with E-state index >= 15 is 0 Å². The number of amides is 1. The Morgan fingerprint density at radius 2 is 1.93 bits per heavy atom. The Labute approximate surface area is 164 Å². The lowest BCUT2D eigenvalue weighted by Gasteiger charge is -2.26. The van der Waals surface area contributed by atoms with Crippen LogP contribution in [-0.2, 0) is 14.8 Å². The van der Waals surface area contributed by atoms with Crippen LogP contribution in [0.2, 0.25) is 0 Å². The highest BCUT2D eigenvalue weighted by molar-refractivity contribution is 7.89. The summed E-state index contributed by atoms with van der Waals surface area (Å²) in [5, 5.41) is 5.01. The van der Waals surface area contributed by atoms with Crippen LogP contribution in [0.3, 0.4) is 0 Å². The number of rotatable bonds is 6. The lowest BCUT2D eigenvalue weighted by molar-refractivity contribution is 0.0730. The molecule has 1 aromatic heterocycles. The van der Waals surface area contributed by atoms with Gasteiger partial charge in [-0.1, -0.05) is 26.0 Å². The van der Waals surface area contributed by atoms with Gasteiger partial charge in [-0.05, 0) is 35.6 Å². The minimum atomic E-state index is -3.63. The highest BCUT2D eigenvalue weighted by Crippen LogP contribution is 2.26. The molecule has 1 fully saturated rings. The van der Waals surface area contributed by atoms with Crippen molar-refractivity contribution in [3.8, 4) is 0 Å². The van der Waals surface area contributed by atoms with E-state index in [4.69, 9.17) is 4.74 Å². The highest BCUT2D eigenvalue weighted by Gasteiger charge is 2.27. The number of hydrogen-bond donors (Lipinski definition) is 1. The summed E-state index contributed by atoms with van der Waals surface area (Å²) in [5.74, 6) is -0.0611. The number of ether oxygens (including phenoxy) is 1. The maximum atomic E-state index is 12.8. The Kier molecular flexibility index (Phi) is 6.31. The smallest absolute Gasteiger partial charge is 0.251 e. The zero-order chi connectivity index (χ0) is 19.4. The van der Waals surface area contributed by atoms with Gasteiger partial charge in [0, 0.05) is 23.5 Å². The number of carbonyl (C=O) groups excluding carboxylic acids is 1. The Bertz CT molecular complexity index is 873. The summed E-state index contributed by atoms with van der Waals surface area (Å²) >= 11 is 1.59. The normalized spacial score (nSPS) is 17.0. The first kappa shape index (κ1) is 20.0. The fraction of sp³-hybridized carbons (Fsp3) is 0.421. The fourth-order valence-corrected chi connectivity index (χ4v) is 5.40. The molecule has 2 aromatic rings. The van der Waals surface area contributed by atoms with Crippen molar-refractivity contribution >= 4 is 27.3 Å². The van der Waals surface area contributed by atoms with E-state index in [0.717, 1.165) is 4.88 Å². The van der Waals surface area contributed by atoms with Crippen molar-refractivity contribution in [3.63, 3.8) is 0 Å². The van der Waals surface area contributed by atoms with E-state index < -0.39 is 10.0 Å². The number of sulfonamides is 1. The van der Waals surface area contributed by atoms with Crippen molar-refractivity contribution in [3.05, 3.63) is 52.2 Å². The molecule has 0 saturated carbocycles. The quantitative estimate of drug-likeness (QED) is 0.797. The van der Waals surface area contributed by atoms with Gasteiger partial charge < -0.3 is 10.1 Å². The SMILES string of the molecule is CC(C)C(NC(=O)c1cccc(S(=O)(=O)N2CCOCC2)c1)c1cccs1. The Morgan fingerprint density at radius 1 is 1.19 bits per heavy atom. The van der Waals surface area contributed by atoms with Crippen molar-refractivity contribution in [1.29, 1.82) is 0 Å². The Hall–Kier alpha value is -1.74. The summed E-state index contributed by atoms with van der Waals surface area (Å²) in [6, 6.07) is 10.1. The summed E-state index contributed by atoms with van der Waals surface area (Å²) in [7, 11) is -3.63. The molecule has 1 N–H and O–H groups in total. The van der Waals surface area contributed by atoms with Gasteiger partial charge in [0.2, 0.25) is 10.0 Å². The Balaban J connectivity index is 1.81. The molecule has 1 aliphatic rings. The van der Waals surface area contributed by atoms with E-state index in [1.165, 1.54) is 16.4 Å². The third kappa shape index (κ3) is 4.57. The molecule has 1 atom stereocenters. The molecule has 1 unspecified atom stereocenters. The maximum Gasteiger partial charge on any atom is 0.251 e. The van der Waals surface area contributed by atoms with Gasteiger partial charge in [-0.15, -0.1) is 11.3 Å². The number of carbonyl (C=O) groups is 1. The molecular weight excluding hydrogens is 384 g/mol. The van der Waals surface area contributed by atoms with Gasteiger partial charge in [0.1, 0.15) is 0 Å². The van der Waals surface area contributed by atoms with Crippen molar-refractivity contribution in [2.24, 2.45) is 5.92 Å². The average Bonchev–Trinajstić information content (AvgIpc) is 3.20. The second kappa shape index (κ2) is 8.52. The second-order valence-electron chi connectivity index (χ2n) is 6.75. The first-order valence-electron chi connectivity index (χ1n) is 8.92. The largest absolute Gasteiger partial charge is 0.379 e. The zero-order valence-electron chi connectivity index (χ0n) is 15.4. The molecule has 1 saturated heterocycles. The van der Waals surface area contributed by atoms with Crippen molar-refractivity contribution in [2.45, 2.75) is 24.8 Å². The number of nitrogens with zero attached hydrogens (tertiary/aromatic N) is 1. The number of thiophene rings is 1. The molecule has 0 aliphatic carbocycles. The predicted molar refractivity (Wildman–Crippen MR) is 105 cm³/mol. The molecular formula is C19H24N2O4S2. The van der Waals surface area contributed by atoms with E-state index in [0.29, 0.717) is 31.9 Å². The molecule has 3 rings (SSSR count).